The van der Waals surface area contributed by atoms with Crippen molar-refractivity contribution in [1.82, 2.24) is 29.9 Å². The maximum atomic E-state index is 12.5. The van der Waals surface area contributed by atoms with E-state index in [-0.39, 0.29) is 24.6 Å². The first-order valence-electron chi connectivity index (χ1n) is 8.75. The van der Waals surface area contributed by atoms with Crippen LogP contribution in [-0.4, -0.2) is 49.2 Å². The number of carbonyl (C=O) groups is 1. The number of aromatic nitrogens is 5. The standard InChI is InChI=1S/C18H18N6O4/c1-12-17(28-14-5-3-2-4-13(14)27-12)18(26)20-8-9-23-16(25)7-6-15(22-23)24-11-19-10-21-24/h2-7,10-12,17H,8-9H2,1H3,(H,20,26)/t12-,17-/m1/s1. The second-order valence-corrected chi connectivity index (χ2v) is 6.19. The summed E-state index contributed by atoms with van der Waals surface area (Å²) in [6.45, 7) is 2.18. The first kappa shape index (κ1) is 17.7. The van der Waals surface area contributed by atoms with Gasteiger partial charge in [0.05, 0.1) is 6.54 Å². The Kier molecular flexibility index (Phi) is 4.75. The predicted octanol–water partition coefficient (Wildman–Crippen LogP) is 0.169. The average Bonchev–Trinajstić information content (AvgIpc) is 3.23. The zero-order valence-corrected chi connectivity index (χ0v) is 15.1. The monoisotopic (exact) mass is 382 g/mol. The minimum Gasteiger partial charge on any atom is -0.482 e. The van der Waals surface area contributed by atoms with Gasteiger partial charge in [-0.05, 0) is 25.1 Å². The quantitative estimate of drug-likeness (QED) is 0.669. The summed E-state index contributed by atoms with van der Waals surface area (Å²) in [4.78, 5) is 28.4. The molecular formula is C18H18N6O4. The van der Waals surface area contributed by atoms with Gasteiger partial charge in [-0.3, -0.25) is 9.59 Å². The van der Waals surface area contributed by atoms with Crippen molar-refractivity contribution in [2.75, 3.05) is 6.54 Å². The summed E-state index contributed by atoms with van der Waals surface area (Å²) >= 11 is 0. The van der Waals surface area contributed by atoms with Crippen molar-refractivity contribution < 1.29 is 14.3 Å². The van der Waals surface area contributed by atoms with Crippen molar-refractivity contribution in [1.29, 1.82) is 0 Å². The van der Waals surface area contributed by atoms with Gasteiger partial charge in [-0.15, -0.1) is 5.10 Å². The van der Waals surface area contributed by atoms with Crippen molar-refractivity contribution in [2.24, 2.45) is 0 Å². The molecule has 1 aliphatic heterocycles. The number of hydrogen-bond acceptors (Lipinski definition) is 7. The van der Waals surface area contributed by atoms with Crippen LogP contribution in [0.25, 0.3) is 5.82 Å². The van der Waals surface area contributed by atoms with Crippen molar-refractivity contribution in [3.63, 3.8) is 0 Å². The molecular weight excluding hydrogens is 364 g/mol. The summed E-state index contributed by atoms with van der Waals surface area (Å²) in [5.41, 5.74) is -0.280. The Morgan fingerprint density at radius 3 is 2.71 bits per heavy atom. The van der Waals surface area contributed by atoms with E-state index in [1.165, 1.54) is 28.1 Å². The van der Waals surface area contributed by atoms with Crippen LogP contribution in [0.15, 0.2) is 53.8 Å². The molecule has 4 rings (SSSR count). The van der Waals surface area contributed by atoms with Crippen LogP contribution >= 0.6 is 0 Å². The third-order valence-electron chi connectivity index (χ3n) is 4.23. The SMILES string of the molecule is C[C@H]1Oc2ccccc2O[C@H]1C(=O)NCCn1nc(-n2cncn2)ccc1=O. The summed E-state index contributed by atoms with van der Waals surface area (Å²) in [7, 11) is 0. The molecule has 28 heavy (non-hydrogen) atoms. The lowest BCUT2D eigenvalue weighted by molar-refractivity contribution is -0.133. The normalized spacial score (nSPS) is 17.9. The van der Waals surface area contributed by atoms with Gasteiger partial charge in [-0.25, -0.2) is 14.3 Å². The maximum Gasteiger partial charge on any atom is 0.266 e. The molecule has 10 nitrogen and oxygen atoms in total. The van der Waals surface area contributed by atoms with Gasteiger partial charge in [0.2, 0.25) is 6.10 Å². The molecule has 0 aliphatic carbocycles. The Balaban J connectivity index is 1.38. The fourth-order valence-corrected chi connectivity index (χ4v) is 2.84. The van der Waals surface area contributed by atoms with Crippen molar-refractivity contribution in [3.8, 4) is 17.3 Å². The molecule has 1 aromatic carbocycles. The topological polar surface area (TPSA) is 113 Å². The van der Waals surface area contributed by atoms with E-state index in [4.69, 9.17) is 9.47 Å². The summed E-state index contributed by atoms with van der Waals surface area (Å²) in [6, 6.07) is 10.1. The van der Waals surface area contributed by atoms with E-state index in [0.717, 1.165) is 0 Å². The number of ether oxygens (including phenoxy) is 2. The number of carbonyl (C=O) groups excluding carboxylic acids is 1. The fraction of sp³-hybridized carbons (Fsp3) is 0.278. The van der Waals surface area contributed by atoms with Gasteiger partial charge in [0.1, 0.15) is 18.8 Å². The summed E-state index contributed by atoms with van der Waals surface area (Å²) in [6.07, 6.45) is 1.65. The lowest BCUT2D eigenvalue weighted by atomic mass is 10.1. The fourth-order valence-electron chi connectivity index (χ4n) is 2.84. The third-order valence-corrected chi connectivity index (χ3v) is 4.23. The van der Waals surface area contributed by atoms with Crippen molar-refractivity contribution in [3.05, 3.63) is 59.4 Å². The molecule has 2 aromatic heterocycles. The Labute approximate surface area is 159 Å². The Hall–Kier alpha value is -3.69. The lowest BCUT2D eigenvalue weighted by Gasteiger charge is -2.31. The molecule has 1 N–H and O–H groups in total. The number of amides is 1. The van der Waals surface area contributed by atoms with Crippen LogP contribution in [0.1, 0.15) is 6.92 Å². The first-order valence-corrected chi connectivity index (χ1v) is 8.75. The van der Waals surface area contributed by atoms with Crippen molar-refractivity contribution in [2.45, 2.75) is 25.7 Å². The van der Waals surface area contributed by atoms with Gasteiger partial charge in [0.15, 0.2) is 17.3 Å². The van der Waals surface area contributed by atoms with E-state index in [1.807, 2.05) is 12.1 Å². The van der Waals surface area contributed by atoms with Crippen LogP contribution in [0, 0.1) is 0 Å². The van der Waals surface area contributed by atoms with Crippen LogP contribution in [0.4, 0.5) is 0 Å². The van der Waals surface area contributed by atoms with Crippen LogP contribution in [0.2, 0.25) is 0 Å². The number of nitrogens with zero attached hydrogens (tertiary/aromatic N) is 5. The van der Waals surface area contributed by atoms with E-state index in [0.29, 0.717) is 17.3 Å². The van der Waals surface area contributed by atoms with E-state index in [2.05, 4.69) is 20.5 Å². The number of benzene rings is 1. The number of hydrogen-bond donors (Lipinski definition) is 1. The third kappa shape index (κ3) is 3.56. The highest BCUT2D eigenvalue weighted by Gasteiger charge is 2.33. The highest BCUT2D eigenvalue weighted by molar-refractivity contribution is 5.82. The molecule has 1 aliphatic rings. The smallest absolute Gasteiger partial charge is 0.266 e. The molecule has 0 fully saturated rings. The molecule has 0 unspecified atom stereocenters. The zero-order valence-electron chi connectivity index (χ0n) is 15.1. The summed E-state index contributed by atoms with van der Waals surface area (Å²) < 4.78 is 14.2. The maximum absolute atomic E-state index is 12.5. The molecule has 0 saturated heterocycles. The highest BCUT2D eigenvalue weighted by Crippen LogP contribution is 2.33. The number of rotatable bonds is 5. The first-order chi connectivity index (χ1) is 13.6. The Morgan fingerprint density at radius 2 is 1.96 bits per heavy atom. The molecule has 3 heterocycles. The number of para-hydroxylation sites is 2. The average molecular weight is 382 g/mol. The zero-order chi connectivity index (χ0) is 19.5. The second-order valence-electron chi connectivity index (χ2n) is 6.19. The molecule has 0 spiro atoms. The molecule has 0 bridgehead atoms. The van der Waals surface area contributed by atoms with Gasteiger partial charge < -0.3 is 14.8 Å². The lowest BCUT2D eigenvalue weighted by Crippen LogP contribution is -2.49. The van der Waals surface area contributed by atoms with Gasteiger partial charge in [-0.2, -0.15) is 5.10 Å². The van der Waals surface area contributed by atoms with E-state index >= 15 is 0 Å². The van der Waals surface area contributed by atoms with E-state index in [1.54, 1.807) is 25.1 Å². The molecule has 2 atom stereocenters. The molecule has 3 aromatic rings. The number of fused-ring (bicyclic) bond motifs is 1. The molecule has 144 valence electrons. The van der Waals surface area contributed by atoms with Gasteiger partial charge in [0.25, 0.3) is 11.5 Å². The highest BCUT2D eigenvalue weighted by atomic mass is 16.6. The predicted molar refractivity (Wildman–Crippen MR) is 97.4 cm³/mol. The Morgan fingerprint density at radius 1 is 1.18 bits per heavy atom. The van der Waals surface area contributed by atoms with Gasteiger partial charge in [-0.1, -0.05) is 12.1 Å². The molecule has 10 heteroatoms. The van der Waals surface area contributed by atoms with Crippen LogP contribution in [0.3, 0.4) is 0 Å². The van der Waals surface area contributed by atoms with Crippen molar-refractivity contribution >= 4 is 5.91 Å². The largest absolute Gasteiger partial charge is 0.482 e. The van der Waals surface area contributed by atoms with Gasteiger partial charge in [0, 0.05) is 12.6 Å². The summed E-state index contributed by atoms with van der Waals surface area (Å²) in [5.74, 6) is 1.28. The minimum atomic E-state index is -0.777. The van der Waals surface area contributed by atoms with Crippen LogP contribution in [-0.2, 0) is 11.3 Å². The Bertz CT molecular complexity index is 1030. The second kappa shape index (κ2) is 7.51. The van der Waals surface area contributed by atoms with Crippen LogP contribution in [0.5, 0.6) is 11.5 Å². The molecule has 1 amide bonds. The molecule has 0 radical (unpaired) electrons. The van der Waals surface area contributed by atoms with E-state index in [9.17, 15) is 9.59 Å². The van der Waals surface area contributed by atoms with E-state index < -0.39 is 12.2 Å². The number of nitrogens with one attached hydrogen (secondary N) is 1. The minimum absolute atomic E-state index is 0.200. The van der Waals surface area contributed by atoms with Gasteiger partial charge >= 0.3 is 0 Å². The van der Waals surface area contributed by atoms with Crippen LogP contribution < -0.4 is 20.3 Å². The molecule has 0 saturated carbocycles. The summed E-state index contributed by atoms with van der Waals surface area (Å²) in [5, 5.41) is 11.0.